The molecule has 7 nitrogen and oxygen atoms in total. The Balaban J connectivity index is 1.98. The van der Waals surface area contributed by atoms with Gasteiger partial charge in [-0.25, -0.2) is 8.42 Å². The fourth-order valence-electron chi connectivity index (χ4n) is 2.20. The van der Waals surface area contributed by atoms with Crippen LogP contribution in [-0.2, 0) is 19.6 Å². The summed E-state index contributed by atoms with van der Waals surface area (Å²) in [5, 5.41) is 8.37. The molecule has 112 valence electrons. The average molecular weight is 309 g/mol. The van der Waals surface area contributed by atoms with Crippen molar-refractivity contribution in [3.8, 4) is 6.07 Å². The van der Waals surface area contributed by atoms with Crippen molar-refractivity contribution in [2.75, 3.05) is 19.7 Å². The normalized spacial score (nSPS) is 17.1. The number of sulfonamides is 1. The summed E-state index contributed by atoms with van der Waals surface area (Å²) in [7, 11) is -3.56. The Morgan fingerprint density at radius 2 is 2.19 bits per heavy atom. The zero-order chi connectivity index (χ0) is 15.3. The SMILES string of the molecule is N#CCOC(=O)C1CCN(S(=O)(=O)c2cccnc2)CC1. The van der Waals surface area contributed by atoms with Gasteiger partial charge in [0, 0.05) is 25.5 Å². The van der Waals surface area contributed by atoms with E-state index in [0.717, 1.165) is 0 Å². The fraction of sp³-hybridized carbons (Fsp3) is 0.462. The molecule has 0 bridgehead atoms. The van der Waals surface area contributed by atoms with Crippen LogP contribution in [0.4, 0.5) is 0 Å². The van der Waals surface area contributed by atoms with Gasteiger partial charge in [-0.2, -0.15) is 9.57 Å². The first-order chi connectivity index (χ1) is 10.1. The molecule has 0 unspecified atom stereocenters. The molecule has 21 heavy (non-hydrogen) atoms. The standard InChI is InChI=1S/C13H15N3O4S/c14-5-9-20-13(17)11-3-7-16(8-4-11)21(18,19)12-2-1-6-15-10-12/h1-2,6,10-11H,3-4,7-9H2. The summed E-state index contributed by atoms with van der Waals surface area (Å²) in [5.74, 6) is -0.784. The van der Waals surface area contributed by atoms with Crippen molar-refractivity contribution in [2.24, 2.45) is 5.92 Å². The van der Waals surface area contributed by atoms with Gasteiger partial charge in [-0.15, -0.1) is 0 Å². The number of aromatic nitrogens is 1. The summed E-state index contributed by atoms with van der Waals surface area (Å²) in [5.41, 5.74) is 0. The van der Waals surface area contributed by atoms with Crippen molar-refractivity contribution in [1.82, 2.24) is 9.29 Å². The molecule has 1 aliphatic rings. The fourth-order valence-corrected chi connectivity index (χ4v) is 3.64. The number of piperidine rings is 1. The van der Waals surface area contributed by atoms with Gasteiger partial charge in [-0.3, -0.25) is 9.78 Å². The highest BCUT2D eigenvalue weighted by atomic mass is 32.2. The summed E-state index contributed by atoms with van der Waals surface area (Å²) in [6, 6.07) is 4.80. The van der Waals surface area contributed by atoms with Gasteiger partial charge in [0.05, 0.1) is 5.92 Å². The molecule has 8 heteroatoms. The zero-order valence-electron chi connectivity index (χ0n) is 11.3. The van der Waals surface area contributed by atoms with Crippen LogP contribution < -0.4 is 0 Å². The second-order valence-corrected chi connectivity index (χ2v) is 6.57. The highest BCUT2D eigenvalue weighted by Crippen LogP contribution is 2.24. The molecule has 2 rings (SSSR count). The smallest absolute Gasteiger partial charge is 0.310 e. The Morgan fingerprint density at radius 3 is 2.76 bits per heavy atom. The first-order valence-corrected chi connectivity index (χ1v) is 7.93. The Hall–Kier alpha value is -1.98. The number of nitrogens with zero attached hydrogens (tertiary/aromatic N) is 3. The van der Waals surface area contributed by atoms with E-state index in [9.17, 15) is 13.2 Å². The highest BCUT2D eigenvalue weighted by molar-refractivity contribution is 7.89. The molecule has 0 spiro atoms. The Labute approximate surface area is 123 Å². The molecule has 1 fully saturated rings. The molecule has 1 aliphatic heterocycles. The van der Waals surface area contributed by atoms with Crippen LogP contribution >= 0.6 is 0 Å². The van der Waals surface area contributed by atoms with Crippen LogP contribution in [0.25, 0.3) is 0 Å². The van der Waals surface area contributed by atoms with Gasteiger partial charge in [0.15, 0.2) is 6.61 Å². The number of ether oxygens (including phenoxy) is 1. The number of carbonyl (C=O) groups excluding carboxylic acids is 1. The third-order valence-electron chi connectivity index (χ3n) is 3.34. The van der Waals surface area contributed by atoms with E-state index in [1.807, 2.05) is 0 Å². The number of hydrogen-bond donors (Lipinski definition) is 0. The third kappa shape index (κ3) is 3.56. The minimum Gasteiger partial charge on any atom is -0.450 e. The maximum atomic E-state index is 12.4. The number of hydrogen-bond acceptors (Lipinski definition) is 6. The maximum Gasteiger partial charge on any atom is 0.310 e. The molecule has 1 aromatic heterocycles. The van der Waals surface area contributed by atoms with E-state index >= 15 is 0 Å². The van der Waals surface area contributed by atoms with Crippen LogP contribution in [0.5, 0.6) is 0 Å². The minimum absolute atomic E-state index is 0.149. The van der Waals surface area contributed by atoms with E-state index in [4.69, 9.17) is 10.00 Å². The van der Waals surface area contributed by atoms with E-state index in [0.29, 0.717) is 12.8 Å². The quantitative estimate of drug-likeness (QED) is 0.753. The van der Waals surface area contributed by atoms with Crippen molar-refractivity contribution in [3.63, 3.8) is 0 Å². The topological polar surface area (TPSA) is 100 Å². The van der Waals surface area contributed by atoms with Gasteiger partial charge >= 0.3 is 5.97 Å². The number of carbonyl (C=O) groups is 1. The van der Waals surface area contributed by atoms with Crippen molar-refractivity contribution >= 4 is 16.0 Å². The monoisotopic (exact) mass is 309 g/mol. The van der Waals surface area contributed by atoms with Gasteiger partial charge in [0.25, 0.3) is 0 Å². The summed E-state index contributed by atoms with van der Waals surface area (Å²) < 4.78 is 30.8. The molecule has 0 atom stereocenters. The molecule has 0 N–H and O–H groups in total. The predicted octanol–water partition coefficient (Wildman–Crippen LogP) is 0.549. The number of pyridine rings is 1. The Bertz CT molecular complexity index is 631. The lowest BCUT2D eigenvalue weighted by Gasteiger charge is -2.29. The van der Waals surface area contributed by atoms with E-state index < -0.39 is 16.0 Å². The molecular weight excluding hydrogens is 294 g/mol. The van der Waals surface area contributed by atoms with Crippen molar-refractivity contribution in [1.29, 1.82) is 5.26 Å². The summed E-state index contributed by atoms with van der Waals surface area (Å²) in [6.45, 7) is 0.236. The van der Waals surface area contributed by atoms with Crippen molar-refractivity contribution in [3.05, 3.63) is 24.5 Å². The third-order valence-corrected chi connectivity index (χ3v) is 5.22. The molecule has 0 aliphatic carbocycles. The van der Waals surface area contributed by atoms with Gasteiger partial charge in [-0.1, -0.05) is 0 Å². The van der Waals surface area contributed by atoms with Crippen molar-refractivity contribution in [2.45, 2.75) is 17.7 Å². The lowest BCUT2D eigenvalue weighted by molar-refractivity contribution is -0.148. The first kappa shape index (κ1) is 15.4. The molecule has 1 saturated heterocycles. The van der Waals surface area contributed by atoms with E-state index in [1.54, 1.807) is 12.1 Å². The highest BCUT2D eigenvalue weighted by Gasteiger charge is 2.32. The van der Waals surface area contributed by atoms with Gasteiger partial charge in [-0.05, 0) is 25.0 Å². The molecule has 1 aromatic rings. The number of rotatable bonds is 4. The van der Waals surface area contributed by atoms with E-state index in [2.05, 4.69) is 4.98 Å². The number of esters is 1. The predicted molar refractivity (Wildman–Crippen MR) is 72.3 cm³/mol. The summed E-state index contributed by atoms with van der Waals surface area (Å²) in [4.78, 5) is 15.6. The van der Waals surface area contributed by atoms with Gasteiger partial charge in [0.2, 0.25) is 10.0 Å². The minimum atomic E-state index is -3.56. The van der Waals surface area contributed by atoms with Crippen LogP contribution in [0.3, 0.4) is 0 Å². The second kappa shape index (κ2) is 6.65. The molecule has 0 saturated carbocycles. The lowest BCUT2D eigenvalue weighted by atomic mass is 9.98. The molecule has 0 aromatic carbocycles. The van der Waals surface area contributed by atoms with Gasteiger partial charge < -0.3 is 4.74 Å². The summed E-state index contributed by atoms with van der Waals surface area (Å²) in [6.07, 6.45) is 3.60. The van der Waals surface area contributed by atoms with Crippen LogP contribution in [0, 0.1) is 17.2 Å². The molecule has 0 amide bonds. The van der Waals surface area contributed by atoms with Crippen LogP contribution in [-0.4, -0.2) is 43.4 Å². The lowest BCUT2D eigenvalue weighted by Crippen LogP contribution is -2.40. The van der Waals surface area contributed by atoms with Crippen LogP contribution in [0.2, 0.25) is 0 Å². The van der Waals surface area contributed by atoms with E-state index in [1.165, 1.54) is 22.8 Å². The Kier molecular flexibility index (Phi) is 4.88. The molecule has 2 heterocycles. The van der Waals surface area contributed by atoms with Crippen LogP contribution in [0.1, 0.15) is 12.8 Å². The molecular formula is C13H15N3O4S. The van der Waals surface area contributed by atoms with Crippen molar-refractivity contribution < 1.29 is 17.9 Å². The van der Waals surface area contributed by atoms with Crippen LogP contribution in [0.15, 0.2) is 29.4 Å². The molecule has 0 radical (unpaired) electrons. The van der Waals surface area contributed by atoms with E-state index in [-0.39, 0.29) is 30.5 Å². The zero-order valence-corrected chi connectivity index (χ0v) is 12.1. The Morgan fingerprint density at radius 1 is 1.48 bits per heavy atom. The van der Waals surface area contributed by atoms with Gasteiger partial charge in [0.1, 0.15) is 11.0 Å². The maximum absolute atomic E-state index is 12.4. The second-order valence-electron chi connectivity index (χ2n) is 4.63. The first-order valence-electron chi connectivity index (χ1n) is 6.49. The average Bonchev–Trinajstić information content (AvgIpc) is 2.53. The largest absolute Gasteiger partial charge is 0.450 e. The number of nitriles is 1. The summed E-state index contributed by atoms with van der Waals surface area (Å²) >= 11 is 0.